The molecular weight excluding hydrogens is 342 g/mol. The molecule has 1 aromatic heterocycles. The summed E-state index contributed by atoms with van der Waals surface area (Å²) in [5.74, 6) is 0.0629. The smallest absolute Gasteiger partial charge is 0.255 e. The van der Waals surface area contributed by atoms with E-state index in [0.29, 0.717) is 36.5 Å². The molecule has 2 aromatic rings. The van der Waals surface area contributed by atoms with Crippen molar-refractivity contribution in [2.45, 2.75) is 18.4 Å². The Morgan fingerprint density at radius 2 is 1.92 bits per heavy atom. The molecule has 8 heteroatoms. The average Bonchev–Trinajstić information content (AvgIpc) is 2.63. The number of aliphatic hydroxyl groups is 1. The lowest BCUT2D eigenvalue weighted by Crippen LogP contribution is -2.45. The molecule has 3 rings (SSSR count). The van der Waals surface area contributed by atoms with Crippen molar-refractivity contribution in [3.8, 4) is 0 Å². The molecule has 1 aliphatic heterocycles. The first kappa shape index (κ1) is 17.2. The molecule has 1 aliphatic rings. The maximum absolute atomic E-state index is 12.5. The van der Waals surface area contributed by atoms with Crippen LogP contribution in [0.25, 0.3) is 10.4 Å². The van der Waals surface area contributed by atoms with Gasteiger partial charge in [-0.25, -0.2) is 0 Å². The van der Waals surface area contributed by atoms with Crippen LogP contribution < -0.4 is 0 Å². The van der Waals surface area contributed by atoms with Gasteiger partial charge in [0.1, 0.15) is 5.82 Å². The Morgan fingerprint density at radius 3 is 2.48 bits per heavy atom. The molecule has 1 fully saturated rings. The fourth-order valence-electron chi connectivity index (χ4n) is 2.93. The molecule has 0 radical (unpaired) electrons. The number of rotatable bonds is 3. The van der Waals surface area contributed by atoms with Crippen molar-refractivity contribution < 1.29 is 9.90 Å². The number of carbonyl (C=O) groups excluding carboxylic acids is 1. The number of amides is 1. The van der Waals surface area contributed by atoms with E-state index in [1.807, 2.05) is 12.1 Å². The van der Waals surface area contributed by atoms with Gasteiger partial charge in [0.2, 0.25) is 0 Å². The van der Waals surface area contributed by atoms with Crippen LogP contribution in [0.3, 0.4) is 0 Å². The third-order valence-corrected chi connectivity index (χ3v) is 4.65. The van der Waals surface area contributed by atoms with Crippen LogP contribution >= 0.6 is 11.6 Å². The van der Waals surface area contributed by atoms with Gasteiger partial charge in [0, 0.05) is 29.2 Å². The molecule has 0 spiro atoms. The first-order chi connectivity index (χ1) is 12.0. The first-order valence-corrected chi connectivity index (χ1v) is 8.18. The summed E-state index contributed by atoms with van der Waals surface area (Å²) in [4.78, 5) is 20.8. The van der Waals surface area contributed by atoms with Crippen molar-refractivity contribution in [2.75, 3.05) is 13.1 Å². The molecule has 25 heavy (non-hydrogen) atoms. The maximum atomic E-state index is 12.5. The van der Waals surface area contributed by atoms with Gasteiger partial charge in [-0.3, -0.25) is 9.78 Å². The number of hydrogen-bond acceptors (Lipinski definition) is 4. The number of piperidine rings is 1. The number of pyridine rings is 1. The minimum absolute atomic E-state index is 0.154. The summed E-state index contributed by atoms with van der Waals surface area (Å²) < 4.78 is 0. The fraction of sp³-hybridized carbons (Fsp3) is 0.294. The topological polar surface area (TPSA) is 102 Å². The Balaban J connectivity index is 1.67. The minimum atomic E-state index is -0.953. The molecular formula is C17H16ClN5O2. The summed E-state index contributed by atoms with van der Waals surface area (Å²) in [7, 11) is 0. The molecule has 128 valence electrons. The van der Waals surface area contributed by atoms with E-state index in [1.165, 1.54) is 12.3 Å². The Labute approximate surface area is 149 Å². The molecule has 1 amide bonds. The number of aromatic nitrogens is 1. The Morgan fingerprint density at radius 1 is 1.24 bits per heavy atom. The Hall–Kier alpha value is -2.60. The molecule has 1 saturated heterocycles. The monoisotopic (exact) mass is 357 g/mol. The zero-order valence-electron chi connectivity index (χ0n) is 13.3. The van der Waals surface area contributed by atoms with Gasteiger partial charge in [-0.1, -0.05) is 23.7 Å². The van der Waals surface area contributed by atoms with Crippen molar-refractivity contribution in [1.82, 2.24) is 9.88 Å². The van der Waals surface area contributed by atoms with Crippen molar-refractivity contribution >= 4 is 23.3 Å². The van der Waals surface area contributed by atoms with Crippen LogP contribution in [-0.4, -0.2) is 34.0 Å². The van der Waals surface area contributed by atoms with E-state index < -0.39 is 5.60 Å². The number of likely N-dealkylation sites (tertiary alicyclic amines) is 1. The summed E-state index contributed by atoms with van der Waals surface area (Å²) in [6.07, 6.45) is 2.29. The van der Waals surface area contributed by atoms with Gasteiger partial charge >= 0.3 is 0 Å². The zero-order valence-corrected chi connectivity index (χ0v) is 14.1. The van der Waals surface area contributed by atoms with Crippen molar-refractivity contribution in [2.24, 2.45) is 5.11 Å². The molecule has 2 heterocycles. The van der Waals surface area contributed by atoms with Gasteiger partial charge in [-0.05, 0) is 53.3 Å². The van der Waals surface area contributed by atoms with Crippen molar-refractivity contribution in [3.63, 3.8) is 0 Å². The second kappa shape index (κ2) is 7.11. The number of benzene rings is 1. The number of carbonyl (C=O) groups is 1. The molecule has 0 atom stereocenters. The SMILES string of the molecule is [N-]=[N+]=Nc1ccc(C(=O)N2CCC(O)(c3ccc(Cl)cc3)CC2)cn1. The van der Waals surface area contributed by atoms with E-state index in [9.17, 15) is 9.90 Å². The summed E-state index contributed by atoms with van der Waals surface area (Å²) in [5.41, 5.74) is 8.65. The second-order valence-corrected chi connectivity index (χ2v) is 6.36. The second-order valence-electron chi connectivity index (χ2n) is 5.93. The van der Waals surface area contributed by atoms with Crippen LogP contribution in [0.2, 0.25) is 5.02 Å². The van der Waals surface area contributed by atoms with Gasteiger partial charge in [0.15, 0.2) is 0 Å². The molecule has 1 aromatic carbocycles. The van der Waals surface area contributed by atoms with E-state index >= 15 is 0 Å². The van der Waals surface area contributed by atoms with Gasteiger partial charge in [0.05, 0.1) is 11.2 Å². The third-order valence-electron chi connectivity index (χ3n) is 4.40. The molecule has 0 bridgehead atoms. The van der Waals surface area contributed by atoms with Gasteiger partial charge < -0.3 is 10.0 Å². The highest BCUT2D eigenvalue weighted by molar-refractivity contribution is 6.30. The number of hydrogen-bond donors (Lipinski definition) is 1. The van der Waals surface area contributed by atoms with E-state index in [-0.39, 0.29) is 11.7 Å². The van der Waals surface area contributed by atoms with Crippen LogP contribution in [-0.2, 0) is 5.60 Å². The molecule has 0 aliphatic carbocycles. The van der Waals surface area contributed by atoms with E-state index in [2.05, 4.69) is 15.0 Å². The highest BCUT2D eigenvalue weighted by Crippen LogP contribution is 2.33. The van der Waals surface area contributed by atoms with Gasteiger partial charge in [-0.15, -0.1) is 0 Å². The maximum Gasteiger partial charge on any atom is 0.255 e. The summed E-state index contributed by atoms with van der Waals surface area (Å²) in [6, 6.07) is 10.2. The van der Waals surface area contributed by atoms with Crippen LogP contribution in [0.4, 0.5) is 5.82 Å². The van der Waals surface area contributed by atoms with Crippen LogP contribution in [0.1, 0.15) is 28.8 Å². The highest BCUT2D eigenvalue weighted by atomic mass is 35.5. The minimum Gasteiger partial charge on any atom is -0.385 e. The van der Waals surface area contributed by atoms with E-state index in [4.69, 9.17) is 17.1 Å². The van der Waals surface area contributed by atoms with E-state index in [1.54, 1.807) is 23.1 Å². The van der Waals surface area contributed by atoms with E-state index in [0.717, 1.165) is 5.56 Å². The quantitative estimate of drug-likeness (QED) is 0.513. The lowest BCUT2D eigenvalue weighted by molar-refractivity contribution is -0.0211. The first-order valence-electron chi connectivity index (χ1n) is 7.81. The van der Waals surface area contributed by atoms with Gasteiger partial charge in [-0.2, -0.15) is 0 Å². The Kier molecular flexibility index (Phi) is 4.90. The number of nitrogens with zero attached hydrogens (tertiary/aromatic N) is 5. The van der Waals surface area contributed by atoms with Crippen LogP contribution in [0.15, 0.2) is 47.7 Å². The normalized spacial score (nSPS) is 16.2. The fourth-order valence-corrected chi connectivity index (χ4v) is 3.05. The third kappa shape index (κ3) is 3.74. The Bertz CT molecular complexity index is 808. The molecule has 0 saturated carbocycles. The van der Waals surface area contributed by atoms with Crippen molar-refractivity contribution in [3.05, 3.63) is 69.2 Å². The highest BCUT2D eigenvalue weighted by Gasteiger charge is 2.35. The average molecular weight is 358 g/mol. The molecule has 1 N–H and O–H groups in total. The predicted molar refractivity (Wildman–Crippen MR) is 93.5 cm³/mol. The summed E-state index contributed by atoms with van der Waals surface area (Å²) >= 11 is 5.89. The standard InChI is InChI=1S/C17H16ClN5O2/c18-14-4-2-13(3-5-14)17(25)7-9-23(10-8-17)16(24)12-1-6-15(20-11-12)21-22-19/h1-6,11,25H,7-10H2. The molecule has 7 nitrogen and oxygen atoms in total. The van der Waals surface area contributed by atoms with Crippen LogP contribution in [0.5, 0.6) is 0 Å². The largest absolute Gasteiger partial charge is 0.385 e. The molecule has 0 unspecified atom stereocenters. The zero-order chi connectivity index (χ0) is 17.9. The summed E-state index contributed by atoms with van der Waals surface area (Å²) in [6.45, 7) is 0.881. The number of azide groups is 1. The van der Waals surface area contributed by atoms with Crippen LogP contribution in [0, 0.1) is 0 Å². The predicted octanol–water partition coefficient (Wildman–Crippen LogP) is 3.80. The lowest BCUT2D eigenvalue weighted by Gasteiger charge is -2.38. The van der Waals surface area contributed by atoms with Crippen molar-refractivity contribution in [1.29, 1.82) is 0 Å². The van der Waals surface area contributed by atoms with Gasteiger partial charge in [0.25, 0.3) is 5.91 Å². The number of halogens is 1. The lowest BCUT2D eigenvalue weighted by atomic mass is 9.84. The summed E-state index contributed by atoms with van der Waals surface area (Å²) in [5, 5.41) is 14.9.